The summed E-state index contributed by atoms with van der Waals surface area (Å²) in [7, 11) is 0. The van der Waals surface area contributed by atoms with Gasteiger partial charge in [-0.25, -0.2) is 4.98 Å². The molecular formula is C12H10F3NO2. The molecule has 0 saturated heterocycles. The Morgan fingerprint density at radius 3 is 2.72 bits per heavy atom. The molecule has 96 valence electrons. The van der Waals surface area contributed by atoms with Crippen molar-refractivity contribution in [2.45, 2.75) is 19.7 Å². The third kappa shape index (κ3) is 3.03. The quantitative estimate of drug-likeness (QED) is 0.843. The maximum atomic E-state index is 12.5. The fourth-order valence-electron chi connectivity index (χ4n) is 1.39. The first kappa shape index (κ1) is 12.5. The normalized spacial score (nSPS) is 11.6. The molecule has 1 heterocycles. The number of alkyl halides is 3. The van der Waals surface area contributed by atoms with Gasteiger partial charge in [0.05, 0.1) is 5.56 Å². The van der Waals surface area contributed by atoms with Crippen molar-refractivity contribution in [1.29, 1.82) is 0 Å². The average Bonchev–Trinajstić information content (AvgIpc) is 2.72. The predicted octanol–water partition coefficient (Wildman–Crippen LogP) is 3.58. The van der Waals surface area contributed by atoms with Gasteiger partial charge >= 0.3 is 6.18 Å². The summed E-state index contributed by atoms with van der Waals surface area (Å²) in [6, 6.07) is 4.70. The van der Waals surface area contributed by atoms with Gasteiger partial charge in [0.1, 0.15) is 24.3 Å². The van der Waals surface area contributed by atoms with Crippen LogP contribution in [-0.2, 0) is 12.8 Å². The van der Waals surface area contributed by atoms with Crippen molar-refractivity contribution in [1.82, 2.24) is 4.98 Å². The first-order valence-electron chi connectivity index (χ1n) is 5.16. The third-order valence-corrected chi connectivity index (χ3v) is 2.21. The van der Waals surface area contributed by atoms with Crippen LogP contribution < -0.4 is 4.74 Å². The maximum Gasteiger partial charge on any atom is 0.416 e. The second kappa shape index (κ2) is 4.72. The number of aromatic nitrogens is 1. The summed E-state index contributed by atoms with van der Waals surface area (Å²) in [5, 5.41) is 0. The molecule has 0 fully saturated rings. The van der Waals surface area contributed by atoms with Crippen molar-refractivity contribution in [3.8, 4) is 5.75 Å². The van der Waals surface area contributed by atoms with Crippen molar-refractivity contribution in [3.63, 3.8) is 0 Å². The van der Waals surface area contributed by atoms with E-state index >= 15 is 0 Å². The number of hydrogen-bond acceptors (Lipinski definition) is 3. The van der Waals surface area contributed by atoms with Crippen molar-refractivity contribution in [2.24, 2.45) is 0 Å². The molecular weight excluding hydrogens is 247 g/mol. The van der Waals surface area contributed by atoms with E-state index in [1.807, 2.05) is 0 Å². The molecule has 0 saturated carbocycles. The first-order chi connectivity index (χ1) is 8.45. The van der Waals surface area contributed by atoms with Crippen LogP contribution in [0, 0.1) is 6.92 Å². The maximum absolute atomic E-state index is 12.5. The second-order valence-corrected chi connectivity index (χ2v) is 3.67. The van der Waals surface area contributed by atoms with Gasteiger partial charge in [-0.2, -0.15) is 13.2 Å². The number of rotatable bonds is 3. The van der Waals surface area contributed by atoms with Gasteiger partial charge in [0, 0.05) is 6.92 Å². The van der Waals surface area contributed by atoms with Gasteiger partial charge in [0.15, 0.2) is 5.89 Å². The zero-order valence-electron chi connectivity index (χ0n) is 9.49. The highest BCUT2D eigenvalue weighted by Gasteiger charge is 2.30. The number of benzene rings is 1. The smallest absolute Gasteiger partial charge is 0.416 e. The lowest BCUT2D eigenvalue weighted by atomic mass is 10.2. The Morgan fingerprint density at radius 2 is 2.11 bits per heavy atom. The zero-order chi connectivity index (χ0) is 13.2. The summed E-state index contributed by atoms with van der Waals surface area (Å²) in [5.41, 5.74) is -0.207. The van der Waals surface area contributed by atoms with E-state index in [1.165, 1.54) is 18.4 Å². The molecule has 0 unspecified atom stereocenters. The van der Waals surface area contributed by atoms with E-state index in [0.29, 0.717) is 11.6 Å². The number of ether oxygens (including phenoxy) is 1. The SMILES string of the molecule is Cc1nc(COc2cccc(C(F)(F)F)c2)co1. The minimum atomic E-state index is -4.37. The molecule has 0 N–H and O–H groups in total. The monoisotopic (exact) mass is 257 g/mol. The van der Waals surface area contributed by atoms with E-state index in [1.54, 1.807) is 6.92 Å². The molecule has 3 nitrogen and oxygen atoms in total. The fraction of sp³-hybridized carbons (Fsp3) is 0.250. The molecule has 0 radical (unpaired) electrons. The van der Waals surface area contributed by atoms with Crippen LogP contribution in [0.15, 0.2) is 34.9 Å². The standard InChI is InChI=1S/C12H10F3NO2/c1-8-16-10(6-17-8)7-18-11-4-2-3-9(5-11)12(13,14)15/h2-6H,7H2,1H3. The van der Waals surface area contributed by atoms with E-state index in [9.17, 15) is 13.2 Å². The minimum absolute atomic E-state index is 0.0681. The number of hydrogen-bond donors (Lipinski definition) is 0. The fourth-order valence-corrected chi connectivity index (χ4v) is 1.39. The number of aryl methyl sites for hydroxylation is 1. The summed E-state index contributed by atoms with van der Waals surface area (Å²) in [6.07, 6.45) is -2.97. The Labute approximate surface area is 101 Å². The lowest BCUT2D eigenvalue weighted by Crippen LogP contribution is -2.05. The molecule has 0 amide bonds. The molecule has 0 aliphatic heterocycles. The first-order valence-corrected chi connectivity index (χ1v) is 5.16. The van der Waals surface area contributed by atoms with Gasteiger partial charge in [0.25, 0.3) is 0 Å². The van der Waals surface area contributed by atoms with E-state index in [4.69, 9.17) is 9.15 Å². The van der Waals surface area contributed by atoms with Crippen LogP contribution in [0.25, 0.3) is 0 Å². The molecule has 0 spiro atoms. The van der Waals surface area contributed by atoms with Gasteiger partial charge in [-0.05, 0) is 18.2 Å². The molecule has 2 rings (SSSR count). The lowest BCUT2D eigenvalue weighted by Gasteiger charge is -2.09. The second-order valence-electron chi connectivity index (χ2n) is 3.67. The van der Waals surface area contributed by atoms with Crippen LogP contribution in [0.5, 0.6) is 5.75 Å². The number of nitrogens with zero attached hydrogens (tertiary/aromatic N) is 1. The van der Waals surface area contributed by atoms with Gasteiger partial charge in [-0.15, -0.1) is 0 Å². The predicted molar refractivity (Wildman–Crippen MR) is 57.0 cm³/mol. The van der Waals surface area contributed by atoms with Gasteiger partial charge < -0.3 is 9.15 Å². The highest BCUT2D eigenvalue weighted by atomic mass is 19.4. The Kier molecular flexibility index (Phi) is 3.27. The summed E-state index contributed by atoms with van der Waals surface area (Å²) in [4.78, 5) is 3.98. The molecule has 18 heavy (non-hydrogen) atoms. The molecule has 6 heteroatoms. The molecule has 0 bridgehead atoms. The molecule has 0 aliphatic carbocycles. The highest BCUT2D eigenvalue weighted by Crippen LogP contribution is 2.31. The van der Waals surface area contributed by atoms with Crippen molar-refractivity contribution in [2.75, 3.05) is 0 Å². The Bertz CT molecular complexity index is 534. The molecule has 1 aromatic heterocycles. The van der Waals surface area contributed by atoms with Crippen LogP contribution in [-0.4, -0.2) is 4.98 Å². The topological polar surface area (TPSA) is 35.3 Å². The lowest BCUT2D eigenvalue weighted by molar-refractivity contribution is -0.137. The molecule has 0 atom stereocenters. The average molecular weight is 257 g/mol. The minimum Gasteiger partial charge on any atom is -0.487 e. The van der Waals surface area contributed by atoms with Gasteiger partial charge in [0.2, 0.25) is 0 Å². The summed E-state index contributed by atoms with van der Waals surface area (Å²) in [5.74, 6) is 0.628. The van der Waals surface area contributed by atoms with Crippen molar-refractivity contribution >= 4 is 0 Å². The number of oxazole rings is 1. The van der Waals surface area contributed by atoms with Crippen LogP contribution in [0.4, 0.5) is 13.2 Å². The van der Waals surface area contributed by atoms with Crippen LogP contribution in [0.1, 0.15) is 17.1 Å². The molecule has 1 aromatic carbocycles. The number of halogens is 3. The van der Waals surface area contributed by atoms with E-state index in [2.05, 4.69) is 4.98 Å². The van der Waals surface area contributed by atoms with Crippen LogP contribution in [0.2, 0.25) is 0 Å². The summed E-state index contributed by atoms with van der Waals surface area (Å²) >= 11 is 0. The van der Waals surface area contributed by atoms with E-state index in [-0.39, 0.29) is 12.4 Å². The van der Waals surface area contributed by atoms with E-state index in [0.717, 1.165) is 12.1 Å². The Balaban J connectivity index is 2.06. The third-order valence-electron chi connectivity index (χ3n) is 2.21. The summed E-state index contributed by atoms with van der Waals surface area (Å²) < 4.78 is 47.5. The van der Waals surface area contributed by atoms with Crippen LogP contribution >= 0.6 is 0 Å². The van der Waals surface area contributed by atoms with Crippen molar-refractivity contribution in [3.05, 3.63) is 47.7 Å². The van der Waals surface area contributed by atoms with E-state index < -0.39 is 11.7 Å². The molecule has 0 aliphatic rings. The van der Waals surface area contributed by atoms with Crippen LogP contribution in [0.3, 0.4) is 0 Å². The zero-order valence-corrected chi connectivity index (χ0v) is 9.49. The van der Waals surface area contributed by atoms with Gasteiger partial charge in [-0.3, -0.25) is 0 Å². The Morgan fingerprint density at radius 1 is 1.33 bits per heavy atom. The largest absolute Gasteiger partial charge is 0.487 e. The summed E-state index contributed by atoms with van der Waals surface area (Å²) in [6.45, 7) is 1.74. The van der Waals surface area contributed by atoms with Crippen molar-refractivity contribution < 1.29 is 22.3 Å². The Hall–Kier alpha value is -1.98. The molecule has 2 aromatic rings. The highest BCUT2D eigenvalue weighted by molar-refractivity contribution is 5.30. The van der Waals surface area contributed by atoms with Gasteiger partial charge in [-0.1, -0.05) is 6.07 Å².